The third kappa shape index (κ3) is 2.35. The Labute approximate surface area is 115 Å². The van der Waals surface area contributed by atoms with Crippen molar-refractivity contribution in [1.29, 1.82) is 0 Å². The molecule has 3 rings (SSSR count). The first kappa shape index (κ1) is 12.2. The lowest BCUT2D eigenvalue weighted by Gasteiger charge is -2.25. The maximum atomic E-state index is 11.4. The van der Waals surface area contributed by atoms with Crippen molar-refractivity contribution in [3.8, 4) is 5.75 Å². The summed E-state index contributed by atoms with van der Waals surface area (Å²) >= 11 is 1.60. The van der Waals surface area contributed by atoms with Gasteiger partial charge in [0.15, 0.2) is 5.13 Å². The number of hydrogen-bond acceptors (Lipinski definition) is 5. The number of amides is 1. The van der Waals surface area contributed by atoms with Gasteiger partial charge in [0.1, 0.15) is 11.3 Å². The molecule has 2 aromatic rings. The molecule has 1 fully saturated rings. The van der Waals surface area contributed by atoms with Crippen LogP contribution in [0.4, 0.5) is 5.13 Å². The lowest BCUT2D eigenvalue weighted by Crippen LogP contribution is -2.47. The third-order valence-corrected chi connectivity index (χ3v) is 4.06. The van der Waals surface area contributed by atoms with Crippen LogP contribution in [0.2, 0.25) is 0 Å². The summed E-state index contributed by atoms with van der Waals surface area (Å²) in [6.07, 6.45) is 0. The highest BCUT2D eigenvalue weighted by Crippen LogP contribution is 2.34. The summed E-state index contributed by atoms with van der Waals surface area (Å²) in [6.45, 7) is 4.44. The number of benzene rings is 1. The molecule has 0 atom stereocenters. The monoisotopic (exact) mass is 277 g/mol. The van der Waals surface area contributed by atoms with E-state index in [1.807, 2.05) is 30.0 Å². The Morgan fingerprint density at radius 1 is 1.53 bits per heavy atom. The van der Waals surface area contributed by atoms with Crippen molar-refractivity contribution >= 4 is 32.6 Å². The van der Waals surface area contributed by atoms with Crippen LogP contribution < -0.4 is 15.0 Å². The van der Waals surface area contributed by atoms with E-state index >= 15 is 0 Å². The number of hydrogen-bond donors (Lipinski definition) is 1. The van der Waals surface area contributed by atoms with E-state index in [2.05, 4.69) is 10.3 Å². The molecule has 0 aliphatic carbocycles. The van der Waals surface area contributed by atoms with Gasteiger partial charge in [-0.15, -0.1) is 0 Å². The smallest absolute Gasteiger partial charge is 0.239 e. The van der Waals surface area contributed by atoms with E-state index in [4.69, 9.17) is 4.74 Å². The number of carbonyl (C=O) groups excluding carboxylic acids is 1. The van der Waals surface area contributed by atoms with Crippen LogP contribution in [0.25, 0.3) is 10.2 Å². The minimum atomic E-state index is 0.0514. The predicted octanol–water partition coefficient (Wildman–Crippen LogP) is 1.63. The highest BCUT2D eigenvalue weighted by molar-refractivity contribution is 7.22. The summed E-state index contributed by atoms with van der Waals surface area (Å²) in [4.78, 5) is 18.1. The molecule has 6 heteroatoms. The molecule has 0 unspecified atom stereocenters. The number of fused-ring (bicyclic) bond motifs is 1. The highest BCUT2D eigenvalue weighted by atomic mass is 32.1. The molecule has 2 heterocycles. The number of aromatic nitrogens is 1. The number of rotatable bonds is 3. The van der Waals surface area contributed by atoms with Gasteiger partial charge in [-0.25, -0.2) is 4.98 Å². The first-order chi connectivity index (χ1) is 9.28. The summed E-state index contributed by atoms with van der Waals surface area (Å²) in [6, 6.07) is 5.93. The molecule has 1 aromatic carbocycles. The van der Waals surface area contributed by atoms with Gasteiger partial charge in [-0.3, -0.25) is 4.79 Å². The fraction of sp³-hybridized carbons (Fsp3) is 0.385. The van der Waals surface area contributed by atoms with Crippen molar-refractivity contribution in [2.75, 3.05) is 31.1 Å². The minimum Gasteiger partial charge on any atom is -0.492 e. The summed E-state index contributed by atoms with van der Waals surface area (Å²) in [5, 5.41) is 3.70. The maximum absolute atomic E-state index is 11.4. The van der Waals surface area contributed by atoms with Crippen LogP contribution in [-0.4, -0.2) is 37.1 Å². The van der Waals surface area contributed by atoms with Gasteiger partial charge in [0.25, 0.3) is 0 Å². The number of ether oxygens (including phenoxy) is 1. The number of anilines is 1. The summed E-state index contributed by atoms with van der Waals surface area (Å²) in [7, 11) is 0. The van der Waals surface area contributed by atoms with E-state index in [-0.39, 0.29) is 5.91 Å². The molecule has 0 radical (unpaired) electrons. The Bertz CT molecular complexity index is 611. The number of nitrogens with zero attached hydrogens (tertiary/aromatic N) is 2. The van der Waals surface area contributed by atoms with Gasteiger partial charge in [-0.1, -0.05) is 17.4 Å². The fourth-order valence-electron chi connectivity index (χ4n) is 2.12. The average Bonchev–Trinajstić information content (AvgIpc) is 2.84. The van der Waals surface area contributed by atoms with Gasteiger partial charge >= 0.3 is 0 Å². The van der Waals surface area contributed by atoms with Gasteiger partial charge in [0.05, 0.1) is 17.9 Å². The summed E-state index contributed by atoms with van der Waals surface area (Å²) < 4.78 is 6.68. The molecular weight excluding hydrogens is 262 g/mol. The van der Waals surface area contributed by atoms with Gasteiger partial charge in [-0.2, -0.15) is 0 Å². The van der Waals surface area contributed by atoms with Crippen LogP contribution in [0, 0.1) is 0 Å². The first-order valence-electron chi connectivity index (χ1n) is 6.32. The van der Waals surface area contributed by atoms with Crippen molar-refractivity contribution in [1.82, 2.24) is 10.3 Å². The second-order valence-electron chi connectivity index (χ2n) is 4.30. The molecule has 1 amide bonds. The zero-order valence-corrected chi connectivity index (χ0v) is 11.5. The molecule has 1 N–H and O–H groups in total. The number of nitrogens with one attached hydrogen (secondary N) is 1. The zero-order valence-electron chi connectivity index (χ0n) is 10.7. The standard InChI is InChI=1S/C13H15N3O2S/c1-2-18-9-4-3-5-10-12(9)15-13(19-10)16-7-6-14-11(17)8-16/h3-5H,2,6-8H2,1H3,(H,14,17). The minimum absolute atomic E-state index is 0.0514. The zero-order chi connectivity index (χ0) is 13.2. The third-order valence-electron chi connectivity index (χ3n) is 2.98. The maximum Gasteiger partial charge on any atom is 0.239 e. The predicted molar refractivity (Wildman–Crippen MR) is 76.0 cm³/mol. The highest BCUT2D eigenvalue weighted by Gasteiger charge is 2.20. The molecule has 1 saturated heterocycles. The van der Waals surface area contributed by atoms with E-state index in [1.54, 1.807) is 11.3 Å². The lowest BCUT2D eigenvalue weighted by atomic mass is 10.3. The quantitative estimate of drug-likeness (QED) is 0.926. The van der Waals surface area contributed by atoms with Crippen LogP contribution in [0.1, 0.15) is 6.92 Å². The van der Waals surface area contributed by atoms with E-state index in [9.17, 15) is 4.79 Å². The van der Waals surface area contributed by atoms with Gasteiger partial charge < -0.3 is 15.0 Å². The lowest BCUT2D eigenvalue weighted by molar-refractivity contribution is -0.120. The van der Waals surface area contributed by atoms with Crippen LogP contribution in [0.3, 0.4) is 0 Å². The number of carbonyl (C=O) groups is 1. The second-order valence-corrected chi connectivity index (χ2v) is 5.31. The average molecular weight is 277 g/mol. The van der Waals surface area contributed by atoms with Crippen molar-refractivity contribution in [2.24, 2.45) is 0 Å². The number of piperazine rings is 1. The molecule has 0 bridgehead atoms. The van der Waals surface area contributed by atoms with Crippen LogP contribution in [0.5, 0.6) is 5.75 Å². The Morgan fingerprint density at radius 2 is 2.42 bits per heavy atom. The molecular formula is C13H15N3O2S. The Hall–Kier alpha value is -1.82. The van der Waals surface area contributed by atoms with Gasteiger partial charge in [0, 0.05) is 13.1 Å². The molecule has 19 heavy (non-hydrogen) atoms. The molecule has 1 aliphatic rings. The van der Waals surface area contributed by atoms with E-state index in [0.717, 1.165) is 27.6 Å². The molecule has 5 nitrogen and oxygen atoms in total. The largest absolute Gasteiger partial charge is 0.492 e. The normalized spacial score (nSPS) is 15.6. The van der Waals surface area contributed by atoms with Crippen LogP contribution in [0.15, 0.2) is 18.2 Å². The second kappa shape index (κ2) is 5.05. The molecule has 1 aliphatic heterocycles. The van der Waals surface area contributed by atoms with Crippen LogP contribution in [-0.2, 0) is 4.79 Å². The fourth-order valence-corrected chi connectivity index (χ4v) is 3.13. The van der Waals surface area contributed by atoms with Crippen molar-refractivity contribution in [3.05, 3.63) is 18.2 Å². The van der Waals surface area contributed by atoms with E-state index < -0.39 is 0 Å². The van der Waals surface area contributed by atoms with Crippen molar-refractivity contribution in [3.63, 3.8) is 0 Å². The molecule has 0 saturated carbocycles. The Balaban J connectivity index is 1.96. The number of thiazole rings is 1. The summed E-state index contributed by atoms with van der Waals surface area (Å²) in [5.41, 5.74) is 0.885. The summed E-state index contributed by atoms with van der Waals surface area (Å²) in [5.74, 6) is 0.861. The number of para-hydroxylation sites is 1. The van der Waals surface area contributed by atoms with E-state index in [1.165, 1.54) is 0 Å². The van der Waals surface area contributed by atoms with Gasteiger partial charge in [0.2, 0.25) is 5.91 Å². The molecule has 0 spiro atoms. The van der Waals surface area contributed by atoms with Crippen molar-refractivity contribution in [2.45, 2.75) is 6.92 Å². The van der Waals surface area contributed by atoms with Gasteiger partial charge in [-0.05, 0) is 19.1 Å². The molecule has 1 aromatic heterocycles. The molecule has 100 valence electrons. The van der Waals surface area contributed by atoms with E-state index in [0.29, 0.717) is 19.7 Å². The first-order valence-corrected chi connectivity index (χ1v) is 7.13. The Morgan fingerprint density at radius 3 is 3.21 bits per heavy atom. The Kier molecular flexibility index (Phi) is 3.25. The van der Waals surface area contributed by atoms with Crippen LogP contribution >= 0.6 is 11.3 Å². The van der Waals surface area contributed by atoms with Crippen molar-refractivity contribution < 1.29 is 9.53 Å². The topological polar surface area (TPSA) is 54.5 Å². The SMILES string of the molecule is CCOc1cccc2sc(N3CCNC(=O)C3)nc12.